The largest absolute Gasteiger partial charge is 0.370 e. The Hall–Kier alpha value is -2.66. The monoisotopic (exact) mass is 322 g/mol. The fourth-order valence-electron chi connectivity index (χ4n) is 2.22. The number of thiazole rings is 1. The quantitative estimate of drug-likeness (QED) is 0.563. The molecule has 3 aromatic rings. The molecular formula is C18H18N4S. The van der Waals surface area contributed by atoms with Gasteiger partial charge in [-0.3, -0.25) is 0 Å². The molecule has 0 aliphatic heterocycles. The Bertz CT molecular complexity index is 809. The van der Waals surface area contributed by atoms with Gasteiger partial charge in [-0.1, -0.05) is 54.6 Å². The van der Waals surface area contributed by atoms with E-state index >= 15 is 0 Å². The average Bonchev–Trinajstić information content (AvgIpc) is 3.02. The number of aryl methyl sites for hydroxylation is 1. The molecule has 4 nitrogen and oxygen atoms in total. The molecule has 116 valence electrons. The Morgan fingerprint density at radius 2 is 1.87 bits per heavy atom. The Balaban J connectivity index is 1.68. The molecule has 0 saturated carbocycles. The van der Waals surface area contributed by atoms with Crippen molar-refractivity contribution in [1.29, 1.82) is 0 Å². The third-order valence-electron chi connectivity index (χ3n) is 3.44. The number of anilines is 1. The molecule has 0 amide bonds. The molecule has 0 bridgehead atoms. The van der Waals surface area contributed by atoms with Crippen molar-refractivity contribution >= 4 is 22.4 Å². The highest BCUT2D eigenvalue weighted by Crippen LogP contribution is 2.27. The fourth-order valence-corrected chi connectivity index (χ4v) is 2.94. The highest BCUT2D eigenvalue weighted by atomic mass is 32.1. The van der Waals surface area contributed by atoms with E-state index in [-0.39, 0.29) is 0 Å². The number of nitrogens with zero attached hydrogens (tertiary/aromatic N) is 2. The molecule has 0 saturated heterocycles. The number of guanidine groups is 1. The zero-order valence-corrected chi connectivity index (χ0v) is 13.7. The summed E-state index contributed by atoms with van der Waals surface area (Å²) in [5.41, 5.74) is 10.3. The number of benzene rings is 2. The summed E-state index contributed by atoms with van der Waals surface area (Å²) in [6.45, 7) is 2.63. The van der Waals surface area contributed by atoms with E-state index in [9.17, 15) is 0 Å². The number of rotatable bonds is 4. The maximum Gasteiger partial charge on any atom is 0.195 e. The molecule has 0 atom stereocenters. The Kier molecular flexibility index (Phi) is 4.68. The minimum Gasteiger partial charge on any atom is -0.370 e. The number of hydrogen-bond donors (Lipinski definition) is 2. The Morgan fingerprint density at radius 1 is 1.13 bits per heavy atom. The van der Waals surface area contributed by atoms with E-state index in [0.29, 0.717) is 12.5 Å². The van der Waals surface area contributed by atoms with Crippen LogP contribution in [0, 0.1) is 6.92 Å². The maximum absolute atomic E-state index is 5.94. The van der Waals surface area contributed by atoms with Gasteiger partial charge in [-0.25, -0.2) is 9.98 Å². The first-order chi connectivity index (χ1) is 11.2. The SMILES string of the molecule is Cc1ccccc1-c1csc(NC(N)=NCc2ccccc2)n1. The molecular weight excluding hydrogens is 304 g/mol. The molecule has 1 aromatic heterocycles. The second kappa shape index (κ2) is 7.07. The predicted octanol–water partition coefficient (Wildman–Crippen LogP) is 4.05. The first kappa shape index (κ1) is 15.2. The van der Waals surface area contributed by atoms with E-state index in [1.807, 2.05) is 47.8 Å². The Labute approximate surface area is 139 Å². The van der Waals surface area contributed by atoms with Crippen LogP contribution >= 0.6 is 11.3 Å². The molecule has 2 aromatic carbocycles. The topological polar surface area (TPSA) is 63.3 Å². The van der Waals surface area contributed by atoms with Gasteiger partial charge in [0.25, 0.3) is 0 Å². The van der Waals surface area contributed by atoms with Crippen molar-refractivity contribution in [3.05, 3.63) is 71.1 Å². The highest BCUT2D eigenvalue weighted by molar-refractivity contribution is 7.14. The van der Waals surface area contributed by atoms with Crippen LogP contribution in [0.25, 0.3) is 11.3 Å². The van der Waals surface area contributed by atoms with E-state index < -0.39 is 0 Å². The lowest BCUT2D eigenvalue weighted by Gasteiger charge is -2.03. The van der Waals surface area contributed by atoms with Crippen LogP contribution in [-0.2, 0) is 6.54 Å². The molecule has 0 aliphatic rings. The van der Waals surface area contributed by atoms with Gasteiger partial charge in [-0.05, 0) is 18.1 Å². The molecule has 0 spiro atoms. The van der Waals surface area contributed by atoms with Crippen molar-refractivity contribution in [3.63, 3.8) is 0 Å². The molecule has 0 fully saturated rings. The van der Waals surface area contributed by atoms with Crippen molar-refractivity contribution in [2.45, 2.75) is 13.5 Å². The highest BCUT2D eigenvalue weighted by Gasteiger charge is 2.07. The number of nitrogens with two attached hydrogens (primary N) is 1. The van der Waals surface area contributed by atoms with Crippen molar-refractivity contribution in [1.82, 2.24) is 4.98 Å². The zero-order chi connectivity index (χ0) is 16.1. The maximum atomic E-state index is 5.94. The van der Waals surface area contributed by atoms with Crippen LogP contribution in [0.3, 0.4) is 0 Å². The molecule has 3 rings (SSSR count). The van der Waals surface area contributed by atoms with Gasteiger partial charge in [0.15, 0.2) is 11.1 Å². The van der Waals surface area contributed by atoms with Crippen LogP contribution in [0.5, 0.6) is 0 Å². The lowest BCUT2D eigenvalue weighted by atomic mass is 10.1. The van der Waals surface area contributed by atoms with E-state index in [2.05, 4.69) is 34.3 Å². The van der Waals surface area contributed by atoms with Gasteiger partial charge >= 0.3 is 0 Å². The summed E-state index contributed by atoms with van der Waals surface area (Å²) in [5, 5.41) is 5.83. The van der Waals surface area contributed by atoms with Crippen LogP contribution < -0.4 is 11.1 Å². The van der Waals surface area contributed by atoms with Gasteiger partial charge in [0, 0.05) is 10.9 Å². The minimum absolute atomic E-state index is 0.375. The summed E-state index contributed by atoms with van der Waals surface area (Å²) in [4.78, 5) is 8.92. The zero-order valence-electron chi connectivity index (χ0n) is 12.9. The van der Waals surface area contributed by atoms with E-state index in [0.717, 1.165) is 22.0 Å². The van der Waals surface area contributed by atoms with Gasteiger partial charge in [-0.2, -0.15) is 0 Å². The van der Waals surface area contributed by atoms with E-state index in [1.54, 1.807) is 0 Å². The first-order valence-corrected chi connectivity index (χ1v) is 8.23. The summed E-state index contributed by atoms with van der Waals surface area (Å²) >= 11 is 1.52. The van der Waals surface area contributed by atoms with Gasteiger partial charge < -0.3 is 11.1 Å². The van der Waals surface area contributed by atoms with Crippen molar-refractivity contribution in [3.8, 4) is 11.3 Å². The van der Waals surface area contributed by atoms with Gasteiger partial charge in [0.05, 0.1) is 12.2 Å². The van der Waals surface area contributed by atoms with Gasteiger partial charge in [0.2, 0.25) is 0 Å². The summed E-state index contributed by atoms with van der Waals surface area (Å²) < 4.78 is 0. The normalized spacial score (nSPS) is 11.4. The average molecular weight is 322 g/mol. The van der Waals surface area contributed by atoms with Crippen LogP contribution in [-0.4, -0.2) is 10.9 Å². The fraction of sp³-hybridized carbons (Fsp3) is 0.111. The van der Waals surface area contributed by atoms with Crippen LogP contribution in [0.1, 0.15) is 11.1 Å². The standard InChI is InChI=1S/C18H18N4S/c1-13-7-5-6-10-15(13)16-12-23-18(21-16)22-17(19)20-11-14-8-3-2-4-9-14/h2-10,12H,11H2,1H3,(H3,19,20,21,22). The molecule has 0 radical (unpaired) electrons. The second-order valence-corrected chi connectivity index (χ2v) is 6.02. The number of aromatic nitrogens is 1. The molecule has 3 N–H and O–H groups in total. The van der Waals surface area contributed by atoms with E-state index in [4.69, 9.17) is 5.73 Å². The number of hydrogen-bond acceptors (Lipinski definition) is 3. The van der Waals surface area contributed by atoms with Crippen molar-refractivity contribution in [2.24, 2.45) is 10.7 Å². The molecule has 23 heavy (non-hydrogen) atoms. The molecule has 1 heterocycles. The van der Waals surface area contributed by atoms with Gasteiger partial charge in [-0.15, -0.1) is 11.3 Å². The summed E-state index contributed by atoms with van der Waals surface area (Å²) in [6.07, 6.45) is 0. The third kappa shape index (κ3) is 3.96. The smallest absolute Gasteiger partial charge is 0.195 e. The Morgan fingerprint density at radius 3 is 2.65 bits per heavy atom. The molecule has 5 heteroatoms. The third-order valence-corrected chi connectivity index (χ3v) is 4.19. The summed E-state index contributed by atoms with van der Waals surface area (Å²) in [5.74, 6) is 0.375. The predicted molar refractivity (Wildman–Crippen MR) is 97.7 cm³/mol. The molecule has 0 aliphatic carbocycles. The van der Waals surface area contributed by atoms with Crippen molar-refractivity contribution < 1.29 is 0 Å². The van der Waals surface area contributed by atoms with Crippen molar-refractivity contribution in [2.75, 3.05) is 5.32 Å². The van der Waals surface area contributed by atoms with Crippen LogP contribution in [0.2, 0.25) is 0 Å². The summed E-state index contributed by atoms with van der Waals surface area (Å²) in [6, 6.07) is 18.2. The van der Waals surface area contributed by atoms with Gasteiger partial charge in [0.1, 0.15) is 0 Å². The lowest BCUT2D eigenvalue weighted by molar-refractivity contribution is 1.06. The number of aliphatic imine (C=N–C) groups is 1. The summed E-state index contributed by atoms with van der Waals surface area (Å²) in [7, 11) is 0. The minimum atomic E-state index is 0.375. The lowest BCUT2D eigenvalue weighted by Crippen LogP contribution is -2.22. The van der Waals surface area contributed by atoms with Crippen LogP contribution in [0.4, 0.5) is 5.13 Å². The number of nitrogens with one attached hydrogen (secondary N) is 1. The molecule has 0 unspecified atom stereocenters. The first-order valence-electron chi connectivity index (χ1n) is 7.35. The van der Waals surface area contributed by atoms with E-state index in [1.165, 1.54) is 16.9 Å². The van der Waals surface area contributed by atoms with Crippen LogP contribution in [0.15, 0.2) is 65.0 Å². The second-order valence-electron chi connectivity index (χ2n) is 5.16.